The van der Waals surface area contributed by atoms with Crippen molar-refractivity contribution in [3.63, 3.8) is 0 Å². The number of rotatable bonds is 10. The predicted molar refractivity (Wildman–Crippen MR) is 107 cm³/mol. The van der Waals surface area contributed by atoms with Crippen LogP contribution in [-0.2, 0) is 4.79 Å². The average molecular weight is 369 g/mol. The van der Waals surface area contributed by atoms with E-state index in [9.17, 15) is 9.59 Å². The summed E-state index contributed by atoms with van der Waals surface area (Å²) in [5.41, 5.74) is 1.18. The van der Waals surface area contributed by atoms with Gasteiger partial charge in [0, 0.05) is 24.3 Å². The number of anilines is 1. The Bertz CT molecular complexity index is 713. The first kappa shape index (κ1) is 20.5. The van der Waals surface area contributed by atoms with E-state index >= 15 is 0 Å². The molecule has 27 heavy (non-hydrogen) atoms. The number of benzene rings is 2. The summed E-state index contributed by atoms with van der Waals surface area (Å²) >= 11 is 0. The Balaban J connectivity index is 1.76. The van der Waals surface area contributed by atoms with Gasteiger partial charge in [0.25, 0.3) is 11.8 Å². The highest BCUT2D eigenvalue weighted by atomic mass is 16.5. The summed E-state index contributed by atoms with van der Waals surface area (Å²) in [7, 11) is 0. The molecule has 0 unspecified atom stereocenters. The van der Waals surface area contributed by atoms with Crippen molar-refractivity contribution in [2.75, 3.05) is 38.1 Å². The van der Waals surface area contributed by atoms with Gasteiger partial charge in [-0.25, -0.2) is 0 Å². The fraction of sp³-hybridized carbons (Fsp3) is 0.333. The van der Waals surface area contributed by atoms with Gasteiger partial charge in [-0.05, 0) is 49.5 Å². The molecule has 6 heteroatoms. The molecular formula is C21H27N3O3. The van der Waals surface area contributed by atoms with Gasteiger partial charge in [-0.3, -0.25) is 9.59 Å². The standard InChI is InChI=1S/C21H27N3O3/c1-3-24(4-2)15-14-22-21(26)17-10-12-18(13-11-17)23-20(25)16-27-19-8-6-5-7-9-19/h5-13H,3-4,14-16H2,1-2H3,(H,22,26)(H,23,25). The maximum absolute atomic E-state index is 12.2. The first-order valence-electron chi connectivity index (χ1n) is 9.20. The third-order valence-electron chi connectivity index (χ3n) is 4.15. The minimum atomic E-state index is -0.254. The molecule has 0 heterocycles. The quantitative estimate of drug-likeness (QED) is 0.676. The number of carbonyl (C=O) groups is 2. The van der Waals surface area contributed by atoms with Crippen LogP contribution in [0.15, 0.2) is 54.6 Å². The summed E-state index contributed by atoms with van der Waals surface area (Å²) in [5, 5.41) is 5.66. The van der Waals surface area contributed by atoms with Crippen molar-refractivity contribution in [3.05, 3.63) is 60.2 Å². The number of nitrogens with one attached hydrogen (secondary N) is 2. The van der Waals surface area contributed by atoms with E-state index in [1.165, 1.54) is 0 Å². The van der Waals surface area contributed by atoms with E-state index in [2.05, 4.69) is 29.4 Å². The summed E-state index contributed by atoms with van der Waals surface area (Å²) in [6, 6.07) is 16.0. The van der Waals surface area contributed by atoms with Crippen LogP contribution in [0.2, 0.25) is 0 Å². The zero-order valence-electron chi connectivity index (χ0n) is 15.9. The van der Waals surface area contributed by atoms with Crippen LogP contribution in [0, 0.1) is 0 Å². The highest BCUT2D eigenvalue weighted by Gasteiger charge is 2.08. The third-order valence-corrected chi connectivity index (χ3v) is 4.15. The number of ether oxygens (including phenoxy) is 1. The molecule has 2 N–H and O–H groups in total. The van der Waals surface area contributed by atoms with E-state index in [-0.39, 0.29) is 18.4 Å². The van der Waals surface area contributed by atoms with Crippen LogP contribution in [0.5, 0.6) is 5.75 Å². The SMILES string of the molecule is CCN(CC)CCNC(=O)c1ccc(NC(=O)COc2ccccc2)cc1. The van der Waals surface area contributed by atoms with Gasteiger partial charge in [0.05, 0.1) is 0 Å². The first-order chi connectivity index (χ1) is 13.1. The maximum Gasteiger partial charge on any atom is 0.262 e. The molecule has 0 aliphatic rings. The molecule has 0 saturated heterocycles. The number of para-hydroxylation sites is 1. The predicted octanol–water partition coefficient (Wildman–Crippen LogP) is 2.78. The summed E-state index contributed by atoms with van der Waals surface area (Å²) < 4.78 is 5.40. The largest absolute Gasteiger partial charge is 0.484 e. The fourth-order valence-corrected chi connectivity index (χ4v) is 2.54. The van der Waals surface area contributed by atoms with E-state index in [1.54, 1.807) is 36.4 Å². The van der Waals surface area contributed by atoms with Crippen molar-refractivity contribution in [1.82, 2.24) is 10.2 Å². The highest BCUT2D eigenvalue weighted by molar-refractivity contribution is 5.96. The molecule has 0 radical (unpaired) electrons. The number of carbonyl (C=O) groups excluding carboxylic acids is 2. The van der Waals surface area contributed by atoms with Crippen LogP contribution in [0.1, 0.15) is 24.2 Å². The maximum atomic E-state index is 12.2. The second kappa shape index (κ2) is 11.0. The van der Waals surface area contributed by atoms with Gasteiger partial charge in [-0.15, -0.1) is 0 Å². The van der Waals surface area contributed by atoms with Crippen molar-refractivity contribution in [3.8, 4) is 5.75 Å². The number of likely N-dealkylation sites (N-methyl/N-ethyl adjacent to an activating group) is 1. The van der Waals surface area contributed by atoms with Gasteiger partial charge in [-0.1, -0.05) is 32.0 Å². The summed E-state index contributed by atoms with van der Waals surface area (Å²) in [6.45, 7) is 7.50. The van der Waals surface area contributed by atoms with Gasteiger partial charge in [0.1, 0.15) is 5.75 Å². The minimum Gasteiger partial charge on any atom is -0.484 e. The second-order valence-corrected chi connectivity index (χ2v) is 6.01. The van der Waals surface area contributed by atoms with Crippen LogP contribution < -0.4 is 15.4 Å². The molecule has 144 valence electrons. The molecule has 0 atom stereocenters. The molecule has 0 aliphatic carbocycles. The van der Waals surface area contributed by atoms with Crippen molar-refractivity contribution in [2.24, 2.45) is 0 Å². The Labute approximate surface area is 160 Å². The summed E-state index contributed by atoms with van der Waals surface area (Å²) in [5.74, 6) is 0.270. The lowest BCUT2D eigenvalue weighted by atomic mass is 10.2. The number of hydrogen-bond acceptors (Lipinski definition) is 4. The van der Waals surface area contributed by atoms with E-state index in [0.29, 0.717) is 23.5 Å². The molecular weight excluding hydrogens is 342 g/mol. The molecule has 0 fully saturated rings. The monoisotopic (exact) mass is 369 g/mol. The molecule has 2 amide bonds. The van der Waals surface area contributed by atoms with Crippen molar-refractivity contribution in [1.29, 1.82) is 0 Å². The van der Waals surface area contributed by atoms with Gasteiger partial charge < -0.3 is 20.3 Å². The highest BCUT2D eigenvalue weighted by Crippen LogP contribution is 2.11. The van der Waals surface area contributed by atoms with E-state index in [0.717, 1.165) is 19.6 Å². The second-order valence-electron chi connectivity index (χ2n) is 6.01. The van der Waals surface area contributed by atoms with Crippen LogP contribution >= 0.6 is 0 Å². The molecule has 0 aromatic heterocycles. The van der Waals surface area contributed by atoms with Crippen LogP contribution in [0.3, 0.4) is 0 Å². The molecule has 2 aromatic rings. The topological polar surface area (TPSA) is 70.7 Å². The first-order valence-corrected chi connectivity index (χ1v) is 9.20. The summed E-state index contributed by atoms with van der Waals surface area (Å²) in [6.07, 6.45) is 0. The van der Waals surface area contributed by atoms with Crippen molar-refractivity contribution in [2.45, 2.75) is 13.8 Å². The molecule has 6 nitrogen and oxygen atoms in total. The van der Waals surface area contributed by atoms with E-state index in [4.69, 9.17) is 4.74 Å². The lowest BCUT2D eigenvalue weighted by molar-refractivity contribution is -0.118. The van der Waals surface area contributed by atoms with Gasteiger partial charge in [0.2, 0.25) is 0 Å². The Morgan fingerprint density at radius 1 is 0.963 bits per heavy atom. The van der Waals surface area contributed by atoms with Gasteiger partial charge >= 0.3 is 0 Å². The summed E-state index contributed by atoms with van der Waals surface area (Å²) in [4.78, 5) is 26.4. The molecule has 0 saturated carbocycles. The Morgan fingerprint density at radius 3 is 2.26 bits per heavy atom. The molecule has 2 aromatic carbocycles. The number of amides is 2. The number of nitrogens with zero attached hydrogens (tertiary/aromatic N) is 1. The van der Waals surface area contributed by atoms with Crippen molar-refractivity contribution >= 4 is 17.5 Å². The molecule has 0 bridgehead atoms. The Kier molecular flexibility index (Phi) is 8.32. The molecule has 0 spiro atoms. The lowest BCUT2D eigenvalue weighted by Crippen LogP contribution is -2.34. The zero-order valence-corrected chi connectivity index (χ0v) is 15.9. The van der Waals surface area contributed by atoms with Crippen LogP contribution in [-0.4, -0.2) is 49.5 Å². The minimum absolute atomic E-state index is 0.0718. The molecule has 2 rings (SSSR count). The third kappa shape index (κ3) is 7.11. The van der Waals surface area contributed by atoms with E-state index < -0.39 is 0 Å². The Morgan fingerprint density at radius 2 is 1.63 bits per heavy atom. The van der Waals surface area contributed by atoms with E-state index in [1.807, 2.05) is 18.2 Å². The molecule has 0 aliphatic heterocycles. The van der Waals surface area contributed by atoms with Crippen LogP contribution in [0.4, 0.5) is 5.69 Å². The number of hydrogen-bond donors (Lipinski definition) is 2. The lowest BCUT2D eigenvalue weighted by Gasteiger charge is -2.18. The fourth-order valence-electron chi connectivity index (χ4n) is 2.54. The average Bonchev–Trinajstić information content (AvgIpc) is 2.71. The smallest absolute Gasteiger partial charge is 0.262 e. The van der Waals surface area contributed by atoms with Gasteiger partial charge in [0.15, 0.2) is 6.61 Å². The Hall–Kier alpha value is -2.86. The van der Waals surface area contributed by atoms with Crippen molar-refractivity contribution < 1.29 is 14.3 Å². The van der Waals surface area contributed by atoms with Gasteiger partial charge in [-0.2, -0.15) is 0 Å². The normalized spacial score (nSPS) is 10.5. The van der Waals surface area contributed by atoms with Crippen LogP contribution in [0.25, 0.3) is 0 Å². The zero-order chi connectivity index (χ0) is 19.5.